The molecule has 8 rings (SSSR count). The summed E-state index contributed by atoms with van der Waals surface area (Å²) in [6.45, 7) is 0. The van der Waals surface area contributed by atoms with Crippen molar-refractivity contribution in [2.75, 3.05) is 25.9 Å². The summed E-state index contributed by atoms with van der Waals surface area (Å²) in [6.07, 6.45) is 7.09. The first-order chi connectivity index (χ1) is 32.5. The van der Waals surface area contributed by atoms with Crippen LogP contribution in [-0.2, 0) is 44.5 Å². The molecule has 0 bridgehead atoms. The molecule has 2 aromatic carbocycles. The molecular formula is C36H36N16Ni2O14S2. The van der Waals surface area contributed by atoms with Crippen molar-refractivity contribution >= 4 is 45.3 Å². The molecule has 0 saturated heterocycles. The number of aromatic nitrogens is 10. The second-order valence-electron chi connectivity index (χ2n) is 11.3. The Kier molecular flexibility index (Phi) is 32.8. The first-order valence-corrected chi connectivity index (χ1v) is 19.8. The minimum atomic E-state index is -1.75. The first kappa shape index (κ1) is 63.9. The van der Waals surface area contributed by atoms with Crippen LogP contribution in [0, 0.1) is 61.3 Å². The molecule has 34 heteroatoms. The number of thioether (sulfide) groups is 2. The number of aliphatic hydroxyl groups is 2. The molecule has 0 unspecified atom stereocenters. The minimum absolute atomic E-state index is 0. The van der Waals surface area contributed by atoms with Crippen molar-refractivity contribution in [2.45, 2.75) is 21.8 Å². The maximum Gasteiger partial charge on any atom is 2.00 e. The number of nitrogens with zero attached hydrogens (tertiary/aromatic N) is 14. The van der Waals surface area contributed by atoms with E-state index in [2.05, 4.69) is 40.3 Å². The molecule has 6 heterocycles. The molecule has 0 aliphatic rings. The summed E-state index contributed by atoms with van der Waals surface area (Å²) in [5.74, 6) is 14.9. The standard InChI is InChI=1S/2C17H14N6S.2CH4O.4NO3.2Ni/c2*18-23-16(15-6-5-13-3-1-2-4-14(13)20-15)21-22-17(23)24-11-12-7-9-19-10-8-12;2*1-2;4*2-1(3)4;;/h2*1-10H,11,18H2;2*2H,1H3;;;;;;/q;;;;4*-1;2*+2. The molecule has 0 fully saturated rings. The van der Waals surface area contributed by atoms with Gasteiger partial charge in [0.1, 0.15) is 11.4 Å². The van der Waals surface area contributed by atoms with E-state index in [1.807, 2.05) is 97.1 Å². The Morgan fingerprint density at radius 2 is 0.757 bits per heavy atom. The van der Waals surface area contributed by atoms with E-state index in [1.165, 1.54) is 32.9 Å². The SMILES string of the molecule is CO.CO.Nn1c(SCc2ccncc2)nnc1-c1ccc2ccccc2n1.Nn1c(SCc2ccncc2)nnc1-c1ccc2ccccc2n1.O=[N+]([O-])[O-].O=[N+]([O-])[O-].O=[N+]([O-])[O-].O=[N+]([O-])[O-].[Ni+2].[Ni+2]. The average Bonchev–Trinajstić information content (AvgIpc) is 3.89. The third-order valence-electron chi connectivity index (χ3n) is 7.22. The van der Waals surface area contributed by atoms with E-state index in [1.54, 1.807) is 24.8 Å². The number of aliphatic hydroxyl groups excluding tert-OH is 2. The van der Waals surface area contributed by atoms with E-state index in [0.29, 0.717) is 33.3 Å². The van der Waals surface area contributed by atoms with E-state index in [-0.39, 0.29) is 33.0 Å². The Hall–Kier alpha value is -8.15. The Bertz CT molecular complexity index is 2550. The first-order valence-electron chi connectivity index (χ1n) is 17.9. The number of hydrogen-bond donors (Lipinski definition) is 4. The van der Waals surface area contributed by atoms with Gasteiger partial charge in [-0.05, 0) is 59.7 Å². The monoisotopic (exact) mass is 1100 g/mol. The summed E-state index contributed by atoms with van der Waals surface area (Å²) in [5.41, 5.74) is 5.54. The maximum absolute atomic E-state index is 8.25. The Morgan fingerprint density at radius 3 is 1.06 bits per heavy atom. The van der Waals surface area contributed by atoms with Gasteiger partial charge in [0.2, 0.25) is 22.0 Å². The third kappa shape index (κ3) is 24.6. The van der Waals surface area contributed by atoms with E-state index in [9.17, 15) is 0 Å². The van der Waals surface area contributed by atoms with Crippen LogP contribution in [0.25, 0.3) is 44.8 Å². The van der Waals surface area contributed by atoms with Gasteiger partial charge in [-0.1, -0.05) is 72.1 Å². The van der Waals surface area contributed by atoms with Gasteiger partial charge in [0.25, 0.3) is 0 Å². The fourth-order valence-corrected chi connectivity index (χ4v) is 6.36. The van der Waals surface area contributed by atoms with Crippen molar-refractivity contribution in [1.29, 1.82) is 0 Å². The second kappa shape index (κ2) is 36.0. The minimum Gasteiger partial charge on any atom is -0.400 e. The van der Waals surface area contributed by atoms with E-state index < -0.39 is 20.3 Å². The number of rotatable bonds is 8. The van der Waals surface area contributed by atoms with Crippen LogP contribution in [-0.4, -0.2) is 94.5 Å². The van der Waals surface area contributed by atoms with Crippen molar-refractivity contribution in [3.05, 3.63) is 194 Å². The fraction of sp³-hybridized carbons (Fsp3) is 0.111. The Morgan fingerprint density at radius 1 is 0.471 bits per heavy atom. The topological polar surface area (TPSA) is 470 Å². The van der Waals surface area contributed by atoms with E-state index in [4.69, 9.17) is 83.2 Å². The Labute approximate surface area is 421 Å². The molecule has 0 spiro atoms. The summed E-state index contributed by atoms with van der Waals surface area (Å²) in [6, 6.07) is 31.6. The Balaban J connectivity index is 0. The second-order valence-corrected chi connectivity index (χ2v) is 13.2. The summed E-state index contributed by atoms with van der Waals surface area (Å²) < 4.78 is 2.98. The van der Waals surface area contributed by atoms with E-state index in [0.717, 1.165) is 58.7 Å². The number of fused-ring (bicyclic) bond motifs is 2. The van der Waals surface area contributed by atoms with Crippen LogP contribution >= 0.6 is 23.5 Å². The van der Waals surface area contributed by atoms with Gasteiger partial charge in [0.15, 0.2) is 0 Å². The molecule has 6 aromatic heterocycles. The van der Waals surface area contributed by atoms with Gasteiger partial charge >= 0.3 is 33.0 Å². The number of pyridine rings is 4. The van der Waals surface area contributed by atoms with Crippen molar-refractivity contribution in [3.63, 3.8) is 0 Å². The zero-order valence-corrected chi connectivity index (χ0v) is 39.2. The van der Waals surface area contributed by atoms with Gasteiger partial charge in [-0.2, -0.15) is 0 Å². The normalized spacial score (nSPS) is 9.09. The summed E-state index contributed by atoms with van der Waals surface area (Å²) >= 11 is 3.06. The van der Waals surface area contributed by atoms with Crippen LogP contribution in [0.2, 0.25) is 0 Å². The molecule has 8 aromatic rings. The number of hydrogen-bond acceptors (Lipinski definition) is 26. The van der Waals surface area contributed by atoms with Crippen molar-refractivity contribution in [3.8, 4) is 23.0 Å². The molecule has 376 valence electrons. The molecule has 6 N–H and O–H groups in total. The van der Waals surface area contributed by atoms with Crippen LogP contribution < -0.4 is 11.7 Å². The third-order valence-corrected chi connectivity index (χ3v) is 9.25. The summed E-state index contributed by atoms with van der Waals surface area (Å²) in [5, 5.41) is 93.2. The van der Waals surface area contributed by atoms with E-state index >= 15 is 0 Å². The zero-order chi connectivity index (χ0) is 51.0. The van der Waals surface area contributed by atoms with Crippen LogP contribution in [0.3, 0.4) is 0 Å². The van der Waals surface area contributed by atoms with Gasteiger partial charge in [-0.15, -0.1) is 20.4 Å². The molecule has 30 nitrogen and oxygen atoms in total. The van der Waals surface area contributed by atoms with Gasteiger partial charge in [-0.25, -0.2) is 19.3 Å². The molecule has 0 aliphatic carbocycles. The quantitative estimate of drug-likeness (QED) is 0.0548. The van der Waals surface area contributed by atoms with Gasteiger partial charge in [0, 0.05) is 61.3 Å². The fourth-order valence-electron chi connectivity index (χ4n) is 4.74. The summed E-state index contributed by atoms with van der Waals surface area (Å²) in [7, 11) is 2.00. The van der Waals surface area contributed by atoms with Gasteiger partial charge in [0.05, 0.1) is 31.4 Å². The molecular weight excluding hydrogens is 1060 g/mol. The van der Waals surface area contributed by atoms with Crippen LogP contribution in [0.15, 0.2) is 132 Å². The predicted octanol–water partition coefficient (Wildman–Crippen LogP) is 4.04. The zero-order valence-electron chi connectivity index (χ0n) is 35.6. The largest absolute Gasteiger partial charge is 2.00 e. The molecule has 0 amide bonds. The van der Waals surface area contributed by atoms with Crippen molar-refractivity contribution < 1.29 is 63.5 Å². The molecule has 70 heavy (non-hydrogen) atoms. The predicted molar refractivity (Wildman–Crippen MR) is 247 cm³/mol. The molecule has 0 radical (unpaired) electrons. The average molecular weight is 1100 g/mol. The van der Waals surface area contributed by atoms with Crippen molar-refractivity contribution in [1.82, 2.24) is 49.7 Å². The van der Waals surface area contributed by atoms with Gasteiger partial charge in [-0.3, -0.25) is 9.97 Å². The molecule has 0 saturated carbocycles. The van der Waals surface area contributed by atoms with Crippen molar-refractivity contribution in [2.24, 2.45) is 0 Å². The molecule has 0 atom stereocenters. The smallest absolute Gasteiger partial charge is 0.400 e. The molecule has 0 aliphatic heterocycles. The number of nitrogen functional groups attached to an aromatic ring is 2. The summed E-state index contributed by atoms with van der Waals surface area (Å²) in [4.78, 5) is 50.3. The number of nitrogens with two attached hydrogens (primary N) is 2. The number of benzene rings is 2. The van der Waals surface area contributed by atoms with Gasteiger partial charge < -0.3 is 83.2 Å². The maximum atomic E-state index is 8.25. The van der Waals surface area contributed by atoms with Crippen LogP contribution in [0.4, 0.5) is 0 Å². The van der Waals surface area contributed by atoms with Crippen LogP contribution in [0.5, 0.6) is 0 Å². The van der Waals surface area contributed by atoms with Crippen LogP contribution in [0.1, 0.15) is 11.1 Å². The number of para-hydroxylation sites is 2.